The summed E-state index contributed by atoms with van der Waals surface area (Å²) in [5.41, 5.74) is 2.43. The third kappa shape index (κ3) is 10.4. The molecule has 0 fully saturated rings. The first-order valence-electron chi connectivity index (χ1n) is 10.3. The Morgan fingerprint density at radius 1 is 1.00 bits per heavy atom. The maximum atomic E-state index is 12.1. The fourth-order valence-electron chi connectivity index (χ4n) is 2.67. The third-order valence-electron chi connectivity index (χ3n) is 4.20. The number of benzene rings is 1. The molecule has 0 aliphatic heterocycles. The van der Waals surface area contributed by atoms with Crippen molar-refractivity contribution in [3.63, 3.8) is 0 Å². The highest BCUT2D eigenvalue weighted by atomic mass is 16.2. The van der Waals surface area contributed by atoms with E-state index in [0.29, 0.717) is 6.54 Å². The van der Waals surface area contributed by atoms with E-state index in [1.807, 2.05) is 31.2 Å². The van der Waals surface area contributed by atoms with Crippen LogP contribution in [-0.4, -0.2) is 49.9 Å². The van der Waals surface area contributed by atoms with E-state index in [1.54, 1.807) is 6.92 Å². The van der Waals surface area contributed by atoms with Crippen LogP contribution in [0.25, 0.3) is 6.08 Å². The number of nitrogens with one attached hydrogen (secondary N) is 4. The molecule has 1 aromatic rings. The van der Waals surface area contributed by atoms with E-state index < -0.39 is 11.9 Å². The van der Waals surface area contributed by atoms with Gasteiger partial charge in [-0.2, -0.15) is 0 Å². The molecule has 0 bridgehead atoms. The number of hydrogen-bond donors (Lipinski definition) is 4. The van der Waals surface area contributed by atoms with Crippen LogP contribution in [0.5, 0.6) is 0 Å². The van der Waals surface area contributed by atoms with Crippen LogP contribution in [0.4, 0.5) is 0 Å². The quantitative estimate of drug-likeness (QED) is 0.375. The molecule has 4 N–H and O–H groups in total. The summed E-state index contributed by atoms with van der Waals surface area (Å²) in [7, 11) is 0. The maximum absolute atomic E-state index is 12.1. The van der Waals surface area contributed by atoms with E-state index in [9.17, 15) is 14.4 Å². The van der Waals surface area contributed by atoms with Crippen LogP contribution >= 0.6 is 0 Å². The Hall–Kier alpha value is -2.67. The first kappa shape index (κ1) is 24.4. The lowest BCUT2D eigenvalue weighted by Gasteiger charge is -2.14. The van der Waals surface area contributed by atoms with Gasteiger partial charge in [0, 0.05) is 6.54 Å². The molecule has 1 unspecified atom stereocenters. The van der Waals surface area contributed by atoms with E-state index in [1.165, 1.54) is 5.56 Å². The SMILES string of the molecule is CCCNCC(=O)NCC(=O)NC(C)C(=O)NC/C=C/c1ccccc1CCC. The summed E-state index contributed by atoms with van der Waals surface area (Å²) < 4.78 is 0. The van der Waals surface area contributed by atoms with Crippen LogP contribution in [-0.2, 0) is 20.8 Å². The number of hydrogen-bond acceptors (Lipinski definition) is 4. The molecule has 0 radical (unpaired) electrons. The summed E-state index contributed by atoms with van der Waals surface area (Å²) in [6.07, 6.45) is 6.91. The number of amides is 3. The molecule has 160 valence electrons. The van der Waals surface area contributed by atoms with Crippen LogP contribution < -0.4 is 21.3 Å². The molecule has 0 heterocycles. The minimum absolute atomic E-state index is 0.154. The second kappa shape index (κ2) is 14.3. The van der Waals surface area contributed by atoms with E-state index >= 15 is 0 Å². The van der Waals surface area contributed by atoms with Crippen molar-refractivity contribution in [2.24, 2.45) is 0 Å². The molecule has 0 aliphatic rings. The van der Waals surface area contributed by atoms with Crippen LogP contribution in [0.1, 0.15) is 44.7 Å². The molecule has 0 aliphatic carbocycles. The van der Waals surface area contributed by atoms with E-state index in [-0.39, 0.29) is 24.9 Å². The molecule has 1 aromatic carbocycles. The standard InChI is InChI=1S/C22H34N4O3/c1-4-9-18-10-6-7-11-19(18)12-8-14-24-22(29)17(3)26-21(28)16-25-20(27)15-23-13-5-2/h6-8,10-12,17,23H,4-5,9,13-16H2,1-3H3,(H,24,29)(H,25,27)(H,26,28)/b12-8+. The summed E-state index contributed by atoms with van der Waals surface area (Å²) in [4.78, 5) is 35.5. The van der Waals surface area contributed by atoms with E-state index in [4.69, 9.17) is 0 Å². The smallest absolute Gasteiger partial charge is 0.242 e. The molecule has 7 heteroatoms. The highest BCUT2D eigenvalue weighted by Gasteiger charge is 2.15. The first-order valence-corrected chi connectivity index (χ1v) is 10.3. The van der Waals surface area contributed by atoms with Gasteiger partial charge in [-0.05, 0) is 37.4 Å². The van der Waals surface area contributed by atoms with Gasteiger partial charge in [0.15, 0.2) is 0 Å². The highest BCUT2D eigenvalue weighted by molar-refractivity contribution is 5.90. The molecule has 7 nitrogen and oxygen atoms in total. The van der Waals surface area contributed by atoms with Gasteiger partial charge in [0.1, 0.15) is 6.04 Å². The van der Waals surface area contributed by atoms with E-state index in [0.717, 1.165) is 31.4 Å². The summed E-state index contributed by atoms with van der Waals surface area (Å²) in [5, 5.41) is 10.8. The van der Waals surface area contributed by atoms with Crippen molar-refractivity contribution < 1.29 is 14.4 Å². The molecule has 0 aromatic heterocycles. The van der Waals surface area contributed by atoms with Crippen molar-refractivity contribution in [1.29, 1.82) is 0 Å². The summed E-state index contributed by atoms with van der Waals surface area (Å²) >= 11 is 0. The minimum Gasteiger partial charge on any atom is -0.351 e. The van der Waals surface area contributed by atoms with Gasteiger partial charge in [-0.3, -0.25) is 14.4 Å². The molecule has 0 spiro atoms. The van der Waals surface area contributed by atoms with Crippen LogP contribution in [0.2, 0.25) is 0 Å². The molecule has 1 atom stereocenters. The zero-order valence-electron chi connectivity index (χ0n) is 17.7. The van der Waals surface area contributed by atoms with Crippen molar-refractivity contribution in [3.05, 3.63) is 41.5 Å². The Labute approximate surface area is 173 Å². The number of rotatable bonds is 13. The Morgan fingerprint density at radius 3 is 2.48 bits per heavy atom. The van der Waals surface area contributed by atoms with Gasteiger partial charge in [-0.15, -0.1) is 0 Å². The largest absolute Gasteiger partial charge is 0.351 e. The van der Waals surface area contributed by atoms with Crippen molar-refractivity contribution in [2.75, 3.05) is 26.2 Å². The van der Waals surface area contributed by atoms with Crippen molar-refractivity contribution in [1.82, 2.24) is 21.3 Å². The van der Waals surface area contributed by atoms with Crippen molar-refractivity contribution >= 4 is 23.8 Å². The minimum atomic E-state index is -0.682. The molecular weight excluding hydrogens is 368 g/mol. The zero-order valence-corrected chi connectivity index (χ0v) is 17.7. The summed E-state index contributed by atoms with van der Waals surface area (Å²) in [6.45, 7) is 6.90. The van der Waals surface area contributed by atoms with Crippen LogP contribution in [0.3, 0.4) is 0 Å². The Kier molecular flexibility index (Phi) is 12.1. The van der Waals surface area contributed by atoms with Gasteiger partial charge < -0.3 is 21.3 Å². The fraction of sp³-hybridized carbons (Fsp3) is 0.500. The molecule has 0 saturated carbocycles. The lowest BCUT2D eigenvalue weighted by Crippen LogP contribution is -2.48. The fourth-order valence-corrected chi connectivity index (χ4v) is 2.67. The maximum Gasteiger partial charge on any atom is 0.242 e. The molecule has 3 amide bonds. The topological polar surface area (TPSA) is 99.3 Å². The number of carbonyl (C=O) groups is 3. The molecule has 0 saturated heterocycles. The molecule has 1 rings (SSSR count). The van der Waals surface area contributed by atoms with Gasteiger partial charge in [-0.1, -0.05) is 56.7 Å². The third-order valence-corrected chi connectivity index (χ3v) is 4.20. The number of aryl methyl sites for hydroxylation is 1. The highest BCUT2D eigenvalue weighted by Crippen LogP contribution is 2.12. The second-order valence-corrected chi connectivity index (χ2v) is 6.84. The van der Waals surface area contributed by atoms with Crippen LogP contribution in [0, 0.1) is 0 Å². The van der Waals surface area contributed by atoms with Gasteiger partial charge >= 0.3 is 0 Å². The lowest BCUT2D eigenvalue weighted by molar-refractivity contribution is -0.129. The predicted molar refractivity (Wildman–Crippen MR) is 116 cm³/mol. The number of carbonyl (C=O) groups excluding carboxylic acids is 3. The average molecular weight is 403 g/mol. The lowest BCUT2D eigenvalue weighted by atomic mass is 10.0. The predicted octanol–water partition coefficient (Wildman–Crippen LogP) is 1.39. The monoisotopic (exact) mass is 402 g/mol. The second-order valence-electron chi connectivity index (χ2n) is 6.84. The molecule has 29 heavy (non-hydrogen) atoms. The summed E-state index contributed by atoms with van der Waals surface area (Å²) in [6, 6.07) is 7.50. The zero-order chi connectivity index (χ0) is 21.5. The van der Waals surface area contributed by atoms with Gasteiger partial charge in [0.05, 0.1) is 13.1 Å². The van der Waals surface area contributed by atoms with Gasteiger partial charge in [-0.25, -0.2) is 0 Å². The first-order chi connectivity index (χ1) is 14.0. The van der Waals surface area contributed by atoms with Gasteiger partial charge in [0.2, 0.25) is 17.7 Å². The Balaban J connectivity index is 2.32. The molecular formula is C22H34N4O3. The van der Waals surface area contributed by atoms with Crippen molar-refractivity contribution in [3.8, 4) is 0 Å². The Bertz CT molecular complexity index is 688. The Morgan fingerprint density at radius 2 is 1.76 bits per heavy atom. The van der Waals surface area contributed by atoms with Gasteiger partial charge in [0.25, 0.3) is 0 Å². The van der Waals surface area contributed by atoms with Crippen molar-refractivity contribution in [2.45, 2.75) is 46.1 Å². The summed E-state index contributed by atoms with van der Waals surface area (Å²) in [5.74, 6) is -0.930. The van der Waals surface area contributed by atoms with E-state index in [2.05, 4.69) is 40.3 Å². The average Bonchev–Trinajstić information content (AvgIpc) is 2.71. The van der Waals surface area contributed by atoms with Crippen LogP contribution in [0.15, 0.2) is 30.3 Å². The normalized spacial score (nSPS) is 11.8.